The molecular weight excluding hydrogens is 242 g/mol. The van der Waals surface area contributed by atoms with Crippen LogP contribution in [0.1, 0.15) is 25.8 Å². The van der Waals surface area contributed by atoms with E-state index in [-0.39, 0.29) is 0 Å². The molecule has 1 aromatic heterocycles. The summed E-state index contributed by atoms with van der Waals surface area (Å²) < 4.78 is 2.85. The van der Waals surface area contributed by atoms with Crippen molar-refractivity contribution in [2.45, 2.75) is 26.8 Å². The van der Waals surface area contributed by atoms with Crippen molar-refractivity contribution >= 4 is 23.3 Å². The number of imidazole rings is 1. The van der Waals surface area contributed by atoms with Gasteiger partial charge in [-0.05, 0) is 42.1 Å². The van der Waals surface area contributed by atoms with Crippen molar-refractivity contribution in [3.05, 3.63) is 28.5 Å². The van der Waals surface area contributed by atoms with Crippen LogP contribution in [0.4, 0.5) is 0 Å². The summed E-state index contributed by atoms with van der Waals surface area (Å²) in [5, 5.41) is 9.10. The van der Waals surface area contributed by atoms with Gasteiger partial charge in [0, 0.05) is 6.54 Å². The first kappa shape index (κ1) is 11.5. The monoisotopic (exact) mass is 257 g/mol. The van der Waals surface area contributed by atoms with Gasteiger partial charge in [0.2, 0.25) is 0 Å². The number of fused-ring (bicyclic) bond motifs is 1. The summed E-state index contributed by atoms with van der Waals surface area (Å²) in [6.45, 7) is 5.52. The lowest BCUT2D eigenvalue weighted by molar-refractivity contribution is 0.502. The zero-order chi connectivity index (χ0) is 12.9. The van der Waals surface area contributed by atoms with Crippen LogP contribution in [-0.2, 0) is 6.54 Å². The standard InChI is InChI=1S/C14H15N3S/c1-14(2)6-10(14)8-17-11-5-3-4-9(7-15)12(11)16-13(17)18/h3-5,10H,6,8H2,1-2H3,(H,16,18). The van der Waals surface area contributed by atoms with Gasteiger partial charge in [-0.1, -0.05) is 19.9 Å². The number of aromatic nitrogens is 2. The average molecular weight is 257 g/mol. The van der Waals surface area contributed by atoms with Gasteiger partial charge < -0.3 is 9.55 Å². The van der Waals surface area contributed by atoms with Crippen LogP contribution in [0.2, 0.25) is 0 Å². The highest BCUT2D eigenvalue weighted by molar-refractivity contribution is 7.71. The quantitative estimate of drug-likeness (QED) is 0.835. The molecule has 0 amide bonds. The SMILES string of the molecule is CC1(C)CC1Cn1c(=S)[nH]c2c(C#N)cccc21. The second-order valence-electron chi connectivity index (χ2n) is 5.74. The number of rotatable bonds is 2. The van der Waals surface area contributed by atoms with E-state index in [1.807, 2.05) is 18.2 Å². The fourth-order valence-electron chi connectivity index (χ4n) is 2.56. The molecule has 1 saturated carbocycles. The third-order valence-electron chi connectivity index (χ3n) is 4.05. The minimum atomic E-state index is 0.436. The van der Waals surface area contributed by atoms with E-state index in [1.54, 1.807) is 0 Å². The Morgan fingerprint density at radius 2 is 2.28 bits per heavy atom. The summed E-state index contributed by atoms with van der Waals surface area (Å²) in [5.74, 6) is 0.689. The van der Waals surface area contributed by atoms with Gasteiger partial charge in [0.15, 0.2) is 4.77 Å². The van der Waals surface area contributed by atoms with Crippen LogP contribution >= 0.6 is 12.2 Å². The predicted molar refractivity (Wildman–Crippen MR) is 73.7 cm³/mol. The topological polar surface area (TPSA) is 44.5 Å². The van der Waals surface area contributed by atoms with E-state index in [4.69, 9.17) is 17.5 Å². The van der Waals surface area contributed by atoms with Crippen LogP contribution < -0.4 is 0 Å². The lowest BCUT2D eigenvalue weighted by Crippen LogP contribution is -2.03. The first-order valence-corrected chi connectivity index (χ1v) is 6.55. The Kier molecular flexibility index (Phi) is 2.36. The maximum absolute atomic E-state index is 9.10. The van der Waals surface area contributed by atoms with Crippen LogP contribution in [0.25, 0.3) is 11.0 Å². The van der Waals surface area contributed by atoms with Gasteiger partial charge >= 0.3 is 0 Å². The Morgan fingerprint density at radius 1 is 1.56 bits per heavy atom. The maximum atomic E-state index is 9.10. The molecule has 0 radical (unpaired) electrons. The summed E-state index contributed by atoms with van der Waals surface area (Å²) in [5.41, 5.74) is 3.00. The molecule has 0 bridgehead atoms. The molecule has 0 aliphatic heterocycles. The zero-order valence-electron chi connectivity index (χ0n) is 10.5. The molecule has 1 unspecified atom stereocenters. The Balaban J connectivity index is 2.10. The van der Waals surface area contributed by atoms with Crippen LogP contribution in [0.5, 0.6) is 0 Å². The number of para-hydroxylation sites is 1. The van der Waals surface area contributed by atoms with Crippen LogP contribution in [-0.4, -0.2) is 9.55 Å². The van der Waals surface area contributed by atoms with E-state index >= 15 is 0 Å². The number of H-pyrrole nitrogens is 1. The first-order valence-electron chi connectivity index (χ1n) is 6.14. The maximum Gasteiger partial charge on any atom is 0.178 e. The van der Waals surface area contributed by atoms with Gasteiger partial charge in [-0.3, -0.25) is 0 Å². The number of nitriles is 1. The number of nitrogens with zero attached hydrogens (tertiary/aromatic N) is 2. The molecule has 92 valence electrons. The number of benzene rings is 1. The van der Waals surface area contributed by atoms with Gasteiger partial charge in [-0.2, -0.15) is 5.26 Å². The van der Waals surface area contributed by atoms with Crippen molar-refractivity contribution in [2.75, 3.05) is 0 Å². The average Bonchev–Trinajstić information content (AvgIpc) is 2.80. The lowest BCUT2D eigenvalue weighted by atomic mass is 10.1. The molecule has 1 atom stereocenters. The largest absolute Gasteiger partial charge is 0.329 e. The molecule has 1 aromatic carbocycles. The van der Waals surface area contributed by atoms with E-state index in [9.17, 15) is 0 Å². The van der Waals surface area contributed by atoms with Gasteiger partial charge in [-0.15, -0.1) is 0 Å². The second kappa shape index (κ2) is 3.69. The van der Waals surface area contributed by atoms with Gasteiger partial charge in [0.1, 0.15) is 6.07 Å². The third kappa shape index (κ3) is 1.67. The zero-order valence-corrected chi connectivity index (χ0v) is 11.3. The minimum Gasteiger partial charge on any atom is -0.329 e. The normalized spacial score (nSPS) is 20.8. The summed E-state index contributed by atoms with van der Waals surface area (Å²) in [6, 6.07) is 7.96. The Morgan fingerprint density at radius 3 is 2.89 bits per heavy atom. The molecule has 1 aliphatic rings. The van der Waals surface area contributed by atoms with Crippen LogP contribution in [0.3, 0.4) is 0 Å². The highest BCUT2D eigenvalue weighted by Crippen LogP contribution is 2.52. The van der Waals surface area contributed by atoms with E-state index in [0.29, 0.717) is 16.9 Å². The summed E-state index contributed by atoms with van der Waals surface area (Å²) in [7, 11) is 0. The molecule has 3 nitrogen and oxygen atoms in total. The molecule has 4 heteroatoms. The van der Waals surface area contributed by atoms with Gasteiger partial charge in [0.25, 0.3) is 0 Å². The highest BCUT2D eigenvalue weighted by atomic mass is 32.1. The molecule has 3 rings (SSSR count). The molecule has 18 heavy (non-hydrogen) atoms. The number of nitrogens with one attached hydrogen (secondary N) is 1. The van der Waals surface area contributed by atoms with Crippen LogP contribution in [0, 0.1) is 27.4 Å². The van der Waals surface area contributed by atoms with E-state index in [1.165, 1.54) is 6.42 Å². The number of hydrogen-bond acceptors (Lipinski definition) is 2. The van der Waals surface area contributed by atoms with Crippen molar-refractivity contribution in [3.63, 3.8) is 0 Å². The molecular formula is C14H15N3S. The van der Waals surface area contributed by atoms with Crippen molar-refractivity contribution in [1.82, 2.24) is 9.55 Å². The second-order valence-corrected chi connectivity index (χ2v) is 6.13. The third-order valence-corrected chi connectivity index (χ3v) is 4.37. The molecule has 1 heterocycles. The fraction of sp³-hybridized carbons (Fsp3) is 0.429. The van der Waals surface area contributed by atoms with Crippen molar-refractivity contribution in [1.29, 1.82) is 5.26 Å². The molecule has 0 saturated heterocycles. The molecule has 0 spiro atoms. The van der Waals surface area contributed by atoms with Crippen molar-refractivity contribution < 1.29 is 0 Å². The number of hydrogen-bond donors (Lipinski definition) is 1. The smallest absolute Gasteiger partial charge is 0.178 e. The summed E-state index contributed by atoms with van der Waals surface area (Å²) >= 11 is 5.38. The summed E-state index contributed by atoms with van der Waals surface area (Å²) in [4.78, 5) is 3.16. The molecule has 2 aromatic rings. The highest BCUT2D eigenvalue weighted by Gasteiger charge is 2.45. The summed E-state index contributed by atoms with van der Waals surface area (Å²) in [6.07, 6.45) is 1.25. The molecule has 1 fully saturated rings. The Hall–Kier alpha value is -1.60. The molecule has 1 N–H and O–H groups in total. The van der Waals surface area contributed by atoms with E-state index in [0.717, 1.165) is 22.3 Å². The van der Waals surface area contributed by atoms with Gasteiger partial charge in [0.05, 0.1) is 16.6 Å². The molecule has 1 aliphatic carbocycles. The number of aromatic amines is 1. The van der Waals surface area contributed by atoms with Crippen molar-refractivity contribution in [2.24, 2.45) is 11.3 Å². The predicted octanol–water partition coefficient (Wildman–Crippen LogP) is 3.62. The first-order chi connectivity index (χ1) is 8.53. The Labute approximate surface area is 111 Å². The van der Waals surface area contributed by atoms with E-state index < -0.39 is 0 Å². The fourth-order valence-corrected chi connectivity index (χ4v) is 2.84. The van der Waals surface area contributed by atoms with E-state index in [2.05, 4.69) is 29.5 Å². The minimum absolute atomic E-state index is 0.436. The van der Waals surface area contributed by atoms with Crippen LogP contribution in [0.15, 0.2) is 18.2 Å². The Bertz CT molecular complexity index is 715. The van der Waals surface area contributed by atoms with Gasteiger partial charge in [-0.25, -0.2) is 0 Å². The van der Waals surface area contributed by atoms with Crippen molar-refractivity contribution in [3.8, 4) is 6.07 Å². The lowest BCUT2D eigenvalue weighted by Gasteiger charge is -2.06.